The fraction of sp³-hybridized carbons (Fsp3) is 0.462. The minimum Gasteiger partial charge on any atom is -0.480 e. The van der Waals surface area contributed by atoms with E-state index in [1.54, 1.807) is 12.1 Å². The lowest BCUT2D eigenvalue weighted by molar-refractivity contribution is -0.140. The molecular weight excluding hydrogens is 301 g/mol. The summed E-state index contributed by atoms with van der Waals surface area (Å²) >= 11 is 3.10. The molecule has 0 fully saturated rings. The summed E-state index contributed by atoms with van der Waals surface area (Å²) in [6.45, 7) is 4.36. The van der Waals surface area contributed by atoms with E-state index >= 15 is 0 Å². The highest BCUT2D eigenvalue weighted by Crippen LogP contribution is 2.17. The van der Waals surface area contributed by atoms with Crippen LogP contribution in [0.15, 0.2) is 22.7 Å². The molecule has 0 saturated heterocycles. The van der Waals surface area contributed by atoms with E-state index in [0.717, 1.165) is 5.56 Å². The Labute approximate surface area is 115 Å². The second-order valence-electron chi connectivity index (χ2n) is 4.65. The van der Waals surface area contributed by atoms with Gasteiger partial charge in [0, 0.05) is 6.54 Å². The Hall–Kier alpha value is -0.940. The van der Waals surface area contributed by atoms with Gasteiger partial charge in [0.25, 0.3) is 0 Å². The molecule has 5 heteroatoms. The highest BCUT2D eigenvalue weighted by Gasteiger charge is 2.17. The lowest BCUT2D eigenvalue weighted by Crippen LogP contribution is -2.37. The van der Waals surface area contributed by atoms with Gasteiger partial charge in [0.1, 0.15) is 11.9 Å². The summed E-state index contributed by atoms with van der Waals surface area (Å²) in [5.41, 5.74) is 0.846. The zero-order valence-corrected chi connectivity index (χ0v) is 12.0. The lowest BCUT2D eigenvalue weighted by Gasteiger charge is -2.16. The van der Waals surface area contributed by atoms with Crippen LogP contribution in [0.5, 0.6) is 0 Å². The Morgan fingerprint density at radius 3 is 2.67 bits per heavy atom. The maximum Gasteiger partial charge on any atom is 0.320 e. The maximum absolute atomic E-state index is 13.0. The van der Waals surface area contributed by atoms with Crippen LogP contribution < -0.4 is 5.32 Å². The molecule has 0 amide bonds. The average Bonchev–Trinajstić information content (AvgIpc) is 2.28. The molecule has 1 aromatic carbocycles. The Morgan fingerprint density at radius 1 is 1.50 bits per heavy atom. The molecule has 0 aliphatic carbocycles. The molecule has 2 N–H and O–H groups in total. The van der Waals surface area contributed by atoms with Crippen LogP contribution in [0.2, 0.25) is 0 Å². The first-order valence-corrected chi connectivity index (χ1v) is 6.59. The third-order valence-electron chi connectivity index (χ3n) is 2.54. The normalized spacial score (nSPS) is 12.7. The van der Waals surface area contributed by atoms with E-state index in [1.165, 1.54) is 6.07 Å². The number of aliphatic carboxylic acids is 1. The lowest BCUT2D eigenvalue weighted by atomic mass is 10.0. The van der Waals surface area contributed by atoms with Crippen LogP contribution in [0.3, 0.4) is 0 Å². The molecule has 0 aromatic heterocycles. The van der Waals surface area contributed by atoms with Crippen LogP contribution >= 0.6 is 15.9 Å². The molecule has 0 bridgehead atoms. The van der Waals surface area contributed by atoms with Crippen LogP contribution in [0.4, 0.5) is 4.39 Å². The number of nitrogens with one attached hydrogen (secondary N) is 1. The molecule has 0 aliphatic rings. The Balaban J connectivity index is 2.61. The molecular formula is C13H17BrFNO2. The van der Waals surface area contributed by atoms with Crippen molar-refractivity contribution in [1.29, 1.82) is 0 Å². The van der Waals surface area contributed by atoms with E-state index in [0.29, 0.717) is 23.4 Å². The van der Waals surface area contributed by atoms with E-state index in [2.05, 4.69) is 21.2 Å². The summed E-state index contributed by atoms with van der Waals surface area (Å²) in [5.74, 6) is -0.876. The van der Waals surface area contributed by atoms with Crippen LogP contribution in [0.1, 0.15) is 25.8 Å². The SMILES string of the molecule is CC(C)C[C@@H](NCc1ccc(F)c(Br)c1)C(=O)O. The van der Waals surface area contributed by atoms with Gasteiger partial charge in [-0.05, 0) is 46.0 Å². The largest absolute Gasteiger partial charge is 0.480 e. The van der Waals surface area contributed by atoms with Crippen molar-refractivity contribution in [2.45, 2.75) is 32.9 Å². The molecule has 0 unspecified atom stereocenters. The third-order valence-corrected chi connectivity index (χ3v) is 3.15. The van der Waals surface area contributed by atoms with Crippen LogP contribution in [-0.2, 0) is 11.3 Å². The highest BCUT2D eigenvalue weighted by atomic mass is 79.9. The molecule has 0 radical (unpaired) electrons. The van der Waals surface area contributed by atoms with Crippen molar-refractivity contribution < 1.29 is 14.3 Å². The number of rotatable bonds is 6. The van der Waals surface area contributed by atoms with E-state index < -0.39 is 12.0 Å². The van der Waals surface area contributed by atoms with Gasteiger partial charge in [0.15, 0.2) is 0 Å². The predicted molar refractivity (Wildman–Crippen MR) is 71.8 cm³/mol. The second kappa shape index (κ2) is 6.85. The molecule has 3 nitrogen and oxygen atoms in total. The molecule has 1 rings (SSSR count). The molecule has 100 valence electrons. The fourth-order valence-corrected chi connectivity index (χ4v) is 2.06. The standard InChI is InChI=1S/C13H17BrFNO2/c1-8(2)5-12(13(17)18)16-7-9-3-4-11(15)10(14)6-9/h3-4,6,8,12,16H,5,7H2,1-2H3,(H,17,18)/t12-/m1/s1. The van der Waals surface area contributed by atoms with Gasteiger partial charge in [-0.3, -0.25) is 4.79 Å². The van der Waals surface area contributed by atoms with Crippen LogP contribution in [0, 0.1) is 11.7 Å². The number of carboxylic acid groups (broad SMARTS) is 1. The Bertz CT molecular complexity index is 423. The van der Waals surface area contributed by atoms with Gasteiger partial charge in [0.2, 0.25) is 0 Å². The zero-order chi connectivity index (χ0) is 13.7. The highest BCUT2D eigenvalue weighted by molar-refractivity contribution is 9.10. The molecule has 0 aliphatic heterocycles. The summed E-state index contributed by atoms with van der Waals surface area (Å²) in [6.07, 6.45) is 0.567. The first-order chi connectivity index (χ1) is 8.40. The first kappa shape index (κ1) is 15.1. The van der Waals surface area contributed by atoms with Gasteiger partial charge in [-0.1, -0.05) is 19.9 Å². The quantitative estimate of drug-likeness (QED) is 0.847. The predicted octanol–water partition coefficient (Wildman–Crippen LogP) is 3.18. The Kier molecular flexibility index (Phi) is 5.75. The second-order valence-corrected chi connectivity index (χ2v) is 5.50. The summed E-state index contributed by atoms with van der Waals surface area (Å²) in [7, 11) is 0. The molecule has 0 spiro atoms. The number of carboxylic acids is 1. The summed E-state index contributed by atoms with van der Waals surface area (Å²) in [6, 6.07) is 4.07. The van der Waals surface area contributed by atoms with Crippen molar-refractivity contribution in [3.05, 3.63) is 34.1 Å². The van der Waals surface area contributed by atoms with Crippen LogP contribution in [-0.4, -0.2) is 17.1 Å². The van der Waals surface area contributed by atoms with Crippen molar-refractivity contribution in [3.63, 3.8) is 0 Å². The molecule has 0 heterocycles. The molecule has 1 atom stereocenters. The monoisotopic (exact) mass is 317 g/mol. The minimum atomic E-state index is -0.857. The summed E-state index contributed by atoms with van der Waals surface area (Å²) < 4.78 is 13.4. The smallest absolute Gasteiger partial charge is 0.320 e. The molecule has 18 heavy (non-hydrogen) atoms. The summed E-state index contributed by atoms with van der Waals surface area (Å²) in [5, 5.41) is 12.0. The minimum absolute atomic E-state index is 0.304. The number of hydrogen-bond donors (Lipinski definition) is 2. The summed E-state index contributed by atoms with van der Waals surface area (Å²) in [4.78, 5) is 11.0. The van der Waals surface area contributed by atoms with Gasteiger partial charge < -0.3 is 10.4 Å². The van der Waals surface area contributed by atoms with Crippen LogP contribution in [0.25, 0.3) is 0 Å². The fourth-order valence-electron chi connectivity index (χ4n) is 1.63. The van der Waals surface area contributed by atoms with Crippen molar-refractivity contribution >= 4 is 21.9 Å². The number of benzene rings is 1. The van der Waals surface area contributed by atoms with Crippen molar-refractivity contribution in [2.24, 2.45) is 5.92 Å². The van der Waals surface area contributed by atoms with E-state index in [1.807, 2.05) is 13.8 Å². The van der Waals surface area contributed by atoms with Gasteiger partial charge >= 0.3 is 5.97 Å². The topological polar surface area (TPSA) is 49.3 Å². The molecule has 0 saturated carbocycles. The maximum atomic E-state index is 13.0. The first-order valence-electron chi connectivity index (χ1n) is 5.80. The van der Waals surface area contributed by atoms with Gasteiger partial charge in [-0.25, -0.2) is 4.39 Å². The van der Waals surface area contributed by atoms with Crippen molar-refractivity contribution in [2.75, 3.05) is 0 Å². The number of hydrogen-bond acceptors (Lipinski definition) is 2. The Morgan fingerprint density at radius 2 is 2.17 bits per heavy atom. The number of halogens is 2. The van der Waals surface area contributed by atoms with E-state index in [4.69, 9.17) is 5.11 Å². The van der Waals surface area contributed by atoms with Crippen molar-refractivity contribution in [3.8, 4) is 0 Å². The van der Waals surface area contributed by atoms with Gasteiger partial charge in [-0.2, -0.15) is 0 Å². The third kappa shape index (κ3) is 4.74. The van der Waals surface area contributed by atoms with E-state index in [9.17, 15) is 9.18 Å². The zero-order valence-electron chi connectivity index (χ0n) is 10.4. The average molecular weight is 318 g/mol. The van der Waals surface area contributed by atoms with Gasteiger partial charge in [0.05, 0.1) is 4.47 Å². The van der Waals surface area contributed by atoms with Gasteiger partial charge in [-0.15, -0.1) is 0 Å². The van der Waals surface area contributed by atoms with Crippen molar-refractivity contribution in [1.82, 2.24) is 5.32 Å². The molecule has 1 aromatic rings. The van der Waals surface area contributed by atoms with E-state index in [-0.39, 0.29) is 5.82 Å². The number of carbonyl (C=O) groups is 1.